The molecule has 1 fully saturated rings. The van der Waals surface area contributed by atoms with Crippen molar-refractivity contribution in [3.05, 3.63) is 59.8 Å². The van der Waals surface area contributed by atoms with E-state index in [-0.39, 0.29) is 18.3 Å². The highest BCUT2D eigenvalue weighted by atomic mass is 19.1. The Morgan fingerprint density at radius 3 is 2.77 bits per heavy atom. The van der Waals surface area contributed by atoms with Crippen LogP contribution in [0.1, 0.15) is 24.2 Å². The van der Waals surface area contributed by atoms with Crippen molar-refractivity contribution >= 4 is 5.91 Å². The topological polar surface area (TPSA) is 53.7 Å². The van der Waals surface area contributed by atoms with Gasteiger partial charge in [0, 0.05) is 19.4 Å². The number of hydrogen-bond donors (Lipinski definition) is 1. The van der Waals surface area contributed by atoms with Crippen LogP contribution in [0.4, 0.5) is 4.39 Å². The third-order valence-electron chi connectivity index (χ3n) is 4.15. The van der Waals surface area contributed by atoms with E-state index in [1.165, 1.54) is 12.1 Å². The zero-order chi connectivity index (χ0) is 15.6. The van der Waals surface area contributed by atoms with Crippen LogP contribution >= 0.6 is 0 Å². The summed E-state index contributed by atoms with van der Waals surface area (Å²) in [6.07, 6.45) is 2.96. The second kappa shape index (κ2) is 5.93. The molecule has 1 aromatic carbocycles. The van der Waals surface area contributed by atoms with Gasteiger partial charge in [-0.3, -0.25) is 4.79 Å². The van der Waals surface area contributed by atoms with Gasteiger partial charge in [0.15, 0.2) is 0 Å². The number of aryl methyl sites for hydroxylation is 1. The van der Waals surface area contributed by atoms with Crippen LogP contribution in [-0.2, 0) is 16.8 Å². The molecule has 2 aromatic rings. The number of carbonyl (C=O) groups excluding carboxylic acids is 1. The molecule has 22 heavy (non-hydrogen) atoms. The molecule has 4 nitrogen and oxygen atoms in total. The van der Waals surface area contributed by atoms with Crippen LogP contribution in [0, 0.1) is 5.82 Å². The summed E-state index contributed by atoms with van der Waals surface area (Å²) in [7, 11) is 0. The Balaban J connectivity index is 1.61. The lowest BCUT2D eigenvalue weighted by molar-refractivity contribution is -0.131. The highest BCUT2D eigenvalue weighted by molar-refractivity contribution is 5.76. The third-order valence-corrected chi connectivity index (χ3v) is 4.15. The fourth-order valence-corrected chi connectivity index (χ4v) is 2.85. The first-order valence-corrected chi connectivity index (χ1v) is 7.35. The molecule has 0 spiro atoms. The molecule has 0 bridgehead atoms. The molecule has 1 unspecified atom stereocenters. The van der Waals surface area contributed by atoms with Gasteiger partial charge in [-0.05, 0) is 36.2 Å². The van der Waals surface area contributed by atoms with Crippen molar-refractivity contribution in [3.63, 3.8) is 0 Å². The van der Waals surface area contributed by atoms with Crippen LogP contribution in [0.15, 0.2) is 47.1 Å². The highest BCUT2D eigenvalue weighted by Gasteiger charge is 2.39. The van der Waals surface area contributed by atoms with Gasteiger partial charge < -0.3 is 14.4 Å². The summed E-state index contributed by atoms with van der Waals surface area (Å²) in [6, 6.07) is 9.44. The summed E-state index contributed by atoms with van der Waals surface area (Å²) in [6.45, 7) is 0.750. The van der Waals surface area contributed by atoms with E-state index < -0.39 is 5.60 Å². The minimum atomic E-state index is -1.09. The minimum Gasteiger partial charge on any atom is -0.469 e. The molecule has 1 aliphatic rings. The standard InChI is InChI=1S/C17H18FNO3/c18-14-5-3-13(4-6-14)17(21)9-10-19(12-17)16(20)8-7-15-2-1-11-22-15/h1-6,11,21H,7-10,12H2. The van der Waals surface area contributed by atoms with E-state index in [0.717, 1.165) is 5.76 Å². The van der Waals surface area contributed by atoms with Gasteiger partial charge in [0.1, 0.15) is 17.2 Å². The molecule has 0 radical (unpaired) electrons. The molecule has 0 aliphatic carbocycles. The molecule has 2 heterocycles. The molecule has 1 aliphatic heterocycles. The van der Waals surface area contributed by atoms with Gasteiger partial charge in [-0.25, -0.2) is 4.39 Å². The summed E-state index contributed by atoms with van der Waals surface area (Å²) in [5.74, 6) is 0.438. The van der Waals surface area contributed by atoms with Gasteiger partial charge in [-0.15, -0.1) is 0 Å². The van der Waals surface area contributed by atoms with E-state index in [0.29, 0.717) is 31.4 Å². The van der Waals surface area contributed by atoms with Crippen LogP contribution in [0.25, 0.3) is 0 Å². The number of amides is 1. The van der Waals surface area contributed by atoms with E-state index in [1.54, 1.807) is 29.4 Å². The summed E-state index contributed by atoms with van der Waals surface area (Å²) in [5.41, 5.74) is -0.441. The molecule has 5 heteroatoms. The fourth-order valence-electron chi connectivity index (χ4n) is 2.85. The summed E-state index contributed by atoms with van der Waals surface area (Å²) in [5, 5.41) is 10.7. The number of nitrogens with zero attached hydrogens (tertiary/aromatic N) is 1. The first-order chi connectivity index (χ1) is 10.6. The first-order valence-electron chi connectivity index (χ1n) is 7.35. The molecule has 1 atom stereocenters. The molecular formula is C17H18FNO3. The number of carbonyl (C=O) groups is 1. The highest BCUT2D eigenvalue weighted by Crippen LogP contribution is 2.32. The molecule has 1 N–H and O–H groups in total. The number of furan rings is 1. The minimum absolute atomic E-state index is 0.00515. The number of rotatable bonds is 4. The van der Waals surface area contributed by atoms with Crippen molar-refractivity contribution < 1.29 is 18.7 Å². The van der Waals surface area contributed by atoms with Crippen LogP contribution in [0.5, 0.6) is 0 Å². The number of hydrogen-bond acceptors (Lipinski definition) is 3. The number of aliphatic hydroxyl groups is 1. The lowest BCUT2D eigenvalue weighted by atomic mass is 9.93. The van der Waals surface area contributed by atoms with Crippen LogP contribution in [0.3, 0.4) is 0 Å². The predicted octanol–water partition coefficient (Wildman–Crippen LogP) is 2.47. The fraction of sp³-hybridized carbons (Fsp3) is 0.353. The maximum atomic E-state index is 13.0. The zero-order valence-corrected chi connectivity index (χ0v) is 12.2. The van der Waals surface area contributed by atoms with Gasteiger partial charge in [0.2, 0.25) is 5.91 Å². The van der Waals surface area contributed by atoms with Gasteiger partial charge in [0.25, 0.3) is 0 Å². The molecular weight excluding hydrogens is 285 g/mol. The Hall–Kier alpha value is -2.14. The first kappa shape index (κ1) is 14.8. The number of halogens is 1. The second-order valence-corrected chi connectivity index (χ2v) is 5.68. The Morgan fingerprint density at radius 2 is 2.09 bits per heavy atom. The van der Waals surface area contributed by atoms with Crippen LogP contribution in [-0.4, -0.2) is 29.0 Å². The molecule has 1 saturated heterocycles. The summed E-state index contributed by atoms with van der Waals surface area (Å²) < 4.78 is 18.2. The second-order valence-electron chi connectivity index (χ2n) is 5.68. The Morgan fingerprint density at radius 1 is 1.32 bits per heavy atom. The number of likely N-dealkylation sites (tertiary alicyclic amines) is 1. The van der Waals surface area contributed by atoms with Crippen molar-refractivity contribution in [2.75, 3.05) is 13.1 Å². The Kier molecular flexibility index (Phi) is 3.98. The molecule has 0 saturated carbocycles. The van der Waals surface area contributed by atoms with Crippen molar-refractivity contribution in [1.29, 1.82) is 0 Å². The lowest BCUT2D eigenvalue weighted by Gasteiger charge is -2.24. The number of β-amino-alcohol motifs (C(OH)–C–C–N with tert-alkyl or cyclic N) is 1. The van der Waals surface area contributed by atoms with Crippen LogP contribution in [0.2, 0.25) is 0 Å². The lowest BCUT2D eigenvalue weighted by Crippen LogP contribution is -2.34. The summed E-state index contributed by atoms with van der Waals surface area (Å²) in [4.78, 5) is 13.9. The van der Waals surface area contributed by atoms with Gasteiger partial charge in [-0.2, -0.15) is 0 Å². The van der Waals surface area contributed by atoms with Crippen molar-refractivity contribution in [2.24, 2.45) is 0 Å². The van der Waals surface area contributed by atoms with Crippen molar-refractivity contribution in [1.82, 2.24) is 4.90 Å². The largest absolute Gasteiger partial charge is 0.469 e. The maximum Gasteiger partial charge on any atom is 0.223 e. The summed E-state index contributed by atoms with van der Waals surface area (Å²) >= 11 is 0. The monoisotopic (exact) mass is 303 g/mol. The maximum absolute atomic E-state index is 13.0. The molecule has 3 rings (SSSR count). The van der Waals surface area contributed by atoms with Gasteiger partial charge in [0.05, 0.1) is 12.8 Å². The Labute approximate surface area is 128 Å². The molecule has 116 valence electrons. The van der Waals surface area contributed by atoms with E-state index in [1.807, 2.05) is 6.07 Å². The van der Waals surface area contributed by atoms with E-state index in [4.69, 9.17) is 4.42 Å². The number of benzene rings is 1. The quantitative estimate of drug-likeness (QED) is 0.944. The normalized spacial score (nSPS) is 21.3. The average Bonchev–Trinajstić information content (AvgIpc) is 3.16. The molecule has 1 aromatic heterocycles. The Bertz CT molecular complexity index is 638. The van der Waals surface area contributed by atoms with Crippen LogP contribution < -0.4 is 0 Å². The zero-order valence-electron chi connectivity index (χ0n) is 12.2. The van der Waals surface area contributed by atoms with Crippen molar-refractivity contribution in [2.45, 2.75) is 24.9 Å². The van der Waals surface area contributed by atoms with E-state index in [2.05, 4.69) is 0 Å². The SMILES string of the molecule is O=C(CCc1ccco1)N1CCC(O)(c2ccc(F)cc2)C1. The van der Waals surface area contributed by atoms with Gasteiger partial charge in [-0.1, -0.05) is 12.1 Å². The smallest absolute Gasteiger partial charge is 0.223 e. The van der Waals surface area contributed by atoms with E-state index in [9.17, 15) is 14.3 Å². The third kappa shape index (κ3) is 3.04. The van der Waals surface area contributed by atoms with E-state index >= 15 is 0 Å². The van der Waals surface area contributed by atoms with Gasteiger partial charge >= 0.3 is 0 Å². The average molecular weight is 303 g/mol. The molecule has 1 amide bonds. The predicted molar refractivity (Wildman–Crippen MR) is 78.5 cm³/mol. The van der Waals surface area contributed by atoms with Crippen molar-refractivity contribution in [3.8, 4) is 0 Å².